The molecule has 0 unspecified atom stereocenters. The zero-order valence-corrected chi connectivity index (χ0v) is 13.6. The number of aromatic amines is 1. The maximum Gasteiger partial charge on any atom is 0.377 e. The van der Waals surface area contributed by atoms with Crippen molar-refractivity contribution < 1.29 is 23.6 Å². The quantitative estimate of drug-likeness (QED) is 0.671. The zero-order valence-electron chi connectivity index (χ0n) is 13.6. The number of carbonyl (C=O) groups is 3. The SMILES string of the molecule is CC(=O)c1c(C)[nH]c(C(=O)[C@H](C)OC(=O)c2cc(C)no2)c1C. The summed E-state index contributed by atoms with van der Waals surface area (Å²) < 4.78 is 9.91. The first-order valence-electron chi connectivity index (χ1n) is 7.11. The van der Waals surface area contributed by atoms with Crippen molar-refractivity contribution in [3.05, 3.63) is 40.0 Å². The Morgan fingerprint density at radius 1 is 1.26 bits per heavy atom. The lowest BCUT2D eigenvalue weighted by Gasteiger charge is -2.10. The van der Waals surface area contributed by atoms with Crippen LogP contribution in [-0.4, -0.2) is 33.8 Å². The van der Waals surface area contributed by atoms with E-state index in [0.717, 1.165) is 0 Å². The van der Waals surface area contributed by atoms with Crippen LogP contribution in [0.15, 0.2) is 10.6 Å². The van der Waals surface area contributed by atoms with Crippen LogP contribution in [0.5, 0.6) is 0 Å². The molecule has 23 heavy (non-hydrogen) atoms. The Bertz CT molecular complexity index is 784. The molecule has 0 aliphatic carbocycles. The number of Topliss-reactive ketones (excluding diaryl/α,β-unsaturated/α-hetero) is 2. The molecule has 0 aliphatic heterocycles. The number of esters is 1. The largest absolute Gasteiger partial charge is 0.448 e. The standard InChI is InChI=1S/C16H18N2O5/c1-7-6-12(23-18-7)16(21)22-11(5)15(20)14-8(2)13(10(4)19)9(3)17-14/h6,11,17H,1-5H3/t11-/m0/s1. The summed E-state index contributed by atoms with van der Waals surface area (Å²) in [5.74, 6) is -1.37. The molecule has 0 radical (unpaired) electrons. The predicted molar refractivity (Wildman–Crippen MR) is 80.7 cm³/mol. The molecule has 0 aliphatic rings. The van der Waals surface area contributed by atoms with E-state index in [0.29, 0.717) is 22.5 Å². The number of hydrogen-bond donors (Lipinski definition) is 1. The fourth-order valence-electron chi connectivity index (χ4n) is 2.46. The third-order valence-electron chi connectivity index (χ3n) is 3.52. The van der Waals surface area contributed by atoms with E-state index in [9.17, 15) is 14.4 Å². The first kappa shape index (κ1) is 16.7. The summed E-state index contributed by atoms with van der Waals surface area (Å²) in [6.07, 6.45) is -1.02. The van der Waals surface area contributed by atoms with Crippen LogP contribution in [0.2, 0.25) is 0 Å². The van der Waals surface area contributed by atoms with Crippen LogP contribution in [0, 0.1) is 20.8 Å². The number of nitrogens with zero attached hydrogens (tertiary/aromatic N) is 1. The van der Waals surface area contributed by atoms with Gasteiger partial charge >= 0.3 is 5.97 Å². The van der Waals surface area contributed by atoms with Gasteiger partial charge in [-0.25, -0.2) is 4.79 Å². The van der Waals surface area contributed by atoms with Crippen molar-refractivity contribution in [2.75, 3.05) is 0 Å². The van der Waals surface area contributed by atoms with E-state index in [1.54, 1.807) is 20.8 Å². The van der Waals surface area contributed by atoms with Crippen LogP contribution in [0.4, 0.5) is 0 Å². The van der Waals surface area contributed by atoms with E-state index in [2.05, 4.69) is 10.1 Å². The van der Waals surface area contributed by atoms with Gasteiger partial charge in [-0.1, -0.05) is 5.16 Å². The van der Waals surface area contributed by atoms with Crippen molar-refractivity contribution >= 4 is 17.5 Å². The zero-order chi connectivity index (χ0) is 17.3. The van der Waals surface area contributed by atoms with E-state index >= 15 is 0 Å². The number of H-pyrrole nitrogens is 1. The molecule has 0 saturated carbocycles. The van der Waals surface area contributed by atoms with Crippen LogP contribution in [0.3, 0.4) is 0 Å². The Balaban J connectivity index is 2.19. The van der Waals surface area contributed by atoms with Gasteiger partial charge in [0.15, 0.2) is 11.9 Å². The highest BCUT2D eigenvalue weighted by atomic mass is 16.6. The van der Waals surface area contributed by atoms with Gasteiger partial charge in [0.25, 0.3) is 0 Å². The lowest BCUT2D eigenvalue weighted by Crippen LogP contribution is -2.25. The van der Waals surface area contributed by atoms with Crippen molar-refractivity contribution in [2.24, 2.45) is 0 Å². The second kappa shape index (κ2) is 6.20. The molecule has 2 aromatic heterocycles. The van der Waals surface area contributed by atoms with Crippen LogP contribution < -0.4 is 0 Å². The highest BCUT2D eigenvalue weighted by Gasteiger charge is 2.27. The Kier molecular flexibility index (Phi) is 4.49. The fraction of sp³-hybridized carbons (Fsp3) is 0.375. The number of rotatable bonds is 5. The van der Waals surface area contributed by atoms with Gasteiger partial charge in [-0.15, -0.1) is 0 Å². The van der Waals surface area contributed by atoms with Gasteiger partial charge in [0.2, 0.25) is 11.5 Å². The number of aromatic nitrogens is 2. The highest BCUT2D eigenvalue weighted by molar-refractivity contribution is 6.05. The molecule has 7 heteroatoms. The first-order chi connectivity index (χ1) is 10.7. The van der Waals surface area contributed by atoms with Crippen molar-refractivity contribution in [2.45, 2.75) is 40.7 Å². The van der Waals surface area contributed by atoms with E-state index in [1.807, 2.05) is 0 Å². The van der Waals surface area contributed by atoms with Crippen molar-refractivity contribution in [1.82, 2.24) is 10.1 Å². The Morgan fingerprint density at radius 2 is 1.91 bits per heavy atom. The summed E-state index contributed by atoms with van der Waals surface area (Å²) in [6.45, 7) is 7.97. The normalized spacial score (nSPS) is 12.0. The summed E-state index contributed by atoms with van der Waals surface area (Å²) in [7, 11) is 0. The van der Waals surface area contributed by atoms with Crippen molar-refractivity contribution in [1.29, 1.82) is 0 Å². The topological polar surface area (TPSA) is 102 Å². The third-order valence-corrected chi connectivity index (χ3v) is 3.52. The van der Waals surface area contributed by atoms with E-state index in [1.165, 1.54) is 19.9 Å². The van der Waals surface area contributed by atoms with E-state index in [4.69, 9.17) is 9.26 Å². The smallest absolute Gasteiger partial charge is 0.377 e. The number of nitrogens with one attached hydrogen (secondary N) is 1. The van der Waals surface area contributed by atoms with Gasteiger partial charge in [-0.3, -0.25) is 9.59 Å². The number of aryl methyl sites for hydroxylation is 2. The molecule has 0 saturated heterocycles. The van der Waals surface area contributed by atoms with E-state index < -0.39 is 17.9 Å². The number of ketones is 2. The summed E-state index contributed by atoms with van der Waals surface area (Å²) in [5.41, 5.74) is 2.46. The summed E-state index contributed by atoms with van der Waals surface area (Å²) in [4.78, 5) is 38.9. The molecule has 122 valence electrons. The Morgan fingerprint density at radius 3 is 2.39 bits per heavy atom. The maximum atomic E-state index is 12.5. The summed E-state index contributed by atoms with van der Waals surface area (Å²) >= 11 is 0. The fourth-order valence-corrected chi connectivity index (χ4v) is 2.46. The molecule has 7 nitrogen and oxygen atoms in total. The number of hydrogen-bond acceptors (Lipinski definition) is 6. The number of ether oxygens (including phenoxy) is 1. The van der Waals surface area contributed by atoms with Gasteiger partial charge in [0.1, 0.15) is 0 Å². The molecule has 0 amide bonds. The van der Waals surface area contributed by atoms with E-state index in [-0.39, 0.29) is 17.2 Å². The Labute approximate surface area is 133 Å². The Hall–Kier alpha value is -2.70. The monoisotopic (exact) mass is 318 g/mol. The predicted octanol–water partition coefficient (Wildman–Crippen LogP) is 2.56. The molecule has 1 N–H and O–H groups in total. The van der Waals surface area contributed by atoms with Crippen LogP contribution >= 0.6 is 0 Å². The van der Waals surface area contributed by atoms with Gasteiger partial charge in [-0.05, 0) is 40.2 Å². The van der Waals surface area contributed by atoms with Gasteiger partial charge in [0, 0.05) is 17.3 Å². The summed E-state index contributed by atoms with van der Waals surface area (Å²) in [6, 6.07) is 1.43. The van der Waals surface area contributed by atoms with Crippen molar-refractivity contribution in [3.63, 3.8) is 0 Å². The highest BCUT2D eigenvalue weighted by Crippen LogP contribution is 2.20. The number of carbonyl (C=O) groups excluding carboxylic acids is 3. The molecule has 0 fully saturated rings. The molecule has 2 rings (SSSR count). The lowest BCUT2D eigenvalue weighted by molar-refractivity contribution is 0.0279. The van der Waals surface area contributed by atoms with Crippen LogP contribution in [0.1, 0.15) is 62.2 Å². The molecule has 2 heterocycles. The van der Waals surface area contributed by atoms with Gasteiger partial charge in [0.05, 0.1) is 11.4 Å². The minimum Gasteiger partial charge on any atom is -0.448 e. The molecule has 0 bridgehead atoms. The third kappa shape index (κ3) is 3.23. The minimum atomic E-state index is -1.02. The molecule has 1 atom stereocenters. The molecule has 0 spiro atoms. The summed E-state index contributed by atoms with van der Waals surface area (Å²) in [5, 5.41) is 3.59. The van der Waals surface area contributed by atoms with Gasteiger partial charge < -0.3 is 14.2 Å². The maximum absolute atomic E-state index is 12.5. The second-order valence-electron chi connectivity index (χ2n) is 5.43. The average molecular weight is 318 g/mol. The first-order valence-corrected chi connectivity index (χ1v) is 7.11. The van der Waals surface area contributed by atoms with Crippen LogP contribution in [-0.2, 0) is 4.74 Å². The molecule has 2 aromatic rings. The van der Waals surface area contributed by atoms with Gasteiger partial charge in [-0.2, -0.15) is 0 Å². The second-order valence-corrected chi connectivity index (χ2v) is 5.43. The van der Waals surface area contributed by atoms with Crippen LogP contribution in [0.25, 0.3) is 0 Å². The minimum absolute atomic E-state index is 0.0639. The molecule has 0 aromatic carbocycles. The lowest BCUT2D eigenvalue weighted by atomic mass is 10.0. The van der Waals surface area contributed by atoms with Crippen molar-refractivity contribution in [3.8, 4) is 0 Å². The molecular weight excluding hydrogens is 300 g/mol. The molecular formula is C16H18N2O5. The average Bonchev–Trinajstić information content (AvgIpc) is 3.01.